The Morgan fingerprint density at radius 2 is 2.33 bits per heavy atom. The quantitative estimate of drug-likeness (QED) is 0.796. The van der Waals surface area contributed by atoms with Gasteiger partial charge in [-0.2, -0.15) is 8.42 Å². The maximum atomic E-state index is 11.6. The van der Waals surface area contributed by atoms with E-state index in [1.165, 1.54) is 18.5 Å². The molecule has 2 rings (SSSR count). The molecule has 0 fully saturated rings. The molecule has 7 nitrogen and oxygen atoms in total. The van der Waals surface area contributed by atoms with Crippen LogP contribution in [0.15, 0.2) is 28.1 Å². The second-order valence-electron chi connectivity index (χ2n) is 2.82. The van der Waals surface area contributed by atoms with Gasteiger partial charge in [0.15, 0.2) is 10.8 Å². The lowest BCUT2D eigenvalue weighted by Gasteiger charge is -2.00. The van der Waals surface area contributed by atoms with Crippen molar-refractivity contribution in [2.45, 2.75) is 11.9 Å². The molecule has 0 aliphatic heterocycles. The van der Waals surface area contributed by atoms with Gasteiger partial charge in [-0.3, -0.25) is 4.72 Å². The number of anilines is 1. The van der Waals surface area contributed by atoms with Crippen molar-refractivity contribution in [1.29, 1.82) is 0 Å². The molecule has 15 heavy (non-hydrogen) atoms. The Morgan fingerprint density at radius 1 is 1.53 bits per heavy atom. The van der Waals surface area contributed by atoms with Crippen LogP contribution in [0.3, 0.4) is 0 Å². The molecule has 2 aromatic rings. The van der Waals surface area contributed by atoms with Crippen LogP contribution in [-0.2, 0) is 10.0 Å². The van der Waals surface area contributed by atoms with E-state index in [4.69, 9.17) is 0 Å². The molecule has 2 aromatic heterocycles. The van der Waals surface area contributed by atoms with E-state index in [-0.39, 0.29) is 10.8 Å². The fourth-order valence-electron chi connectivity index (χ4n) is 0.993. The Labute approximate surface area is 85.6 Å². The number of rotatable bonds is 3. The van der Waals surface area contributed by atoms with Crippen LogP contribution in [0.5, 0.6) is 0 Å². The fraction of sp³-hybridized carbons (Fsp3) is 0.143. The van der Waals surface area contributed by atoms with E-state index >= 15 is 0 Å². The Balaban J connectivity index is 2.28. The van der Waals surface area contributed by atoms with Crippen molar-refractivity contribution < 1.29 is 12.9 Å². The molecule has 0 aromatic carbocycles. The summed E-state index contributed by atoms with van der Waals surface area (Å²) in [7, 11) is -3.65. The molecule has 0 amide bonds. The standard InChI is InChI=1S/C7H8N4O3S/c1-5-8-4-7(9-5)15(12,13)11-6-2-3-14-10-6/h2-4H,1H3,(H,8,9)(H,10,11). The van der Waals surface area contributed by atoms with Gasteiger partial charge in [0, 0.05) is 6.07 Å². The molecule has 2 N–H and O–H groups in total. The lowest BCUT2D eigenvalue weighted by atomic mass is 10.7. The van der Waals surface area contributed by atoms with E-state index in [0.717, 1.165) is 0 Å². The van der Waals surface area contributed by atoms with Gasteiger partial charge in [0.05, 0.1) is 6.20 Å². The minimum Gasteiger partial charge on any atom is -0.363 e. The molecule has 8 heteroatoms. The van der Waals surface area contributed by atoms with E-state index in [1.807, 2.05) is 0 Å². The molecular weight excluding hydrogens is 220 g/mol. The number of aryl methyl sites for hydroxylation is 1. The summed E-state index contributed by atoms with van der Waals surface area (Å²) in [6.07, 6.45) is 2.51. The van der Waals surface area contributed by atoms with Gasteiger partial charge in [-0.05, 0) is 6.92 Å². The highest BCUT2D eigenvalue weighted by Gasteiger charge is 2.17. The van der Waals surface area contributed by atoms with Gasteiger partial charge < -0.3 is 9.51 Å². The third-order valence-corrected chi connectivity index (χ3v) is 2.91. The summed E-state index contributed by atoms with van der Waals surface area (Å²) in [5.74, 6) is 0.651. The van der Waals surface area contributed by atoms with Crippen LogP contribution in [0, 0.1) is 6.92 Å². The van der Waals surface area contributed by atoms with Crippen molar-refractivity contribution in [3.63, 3.8) is 0 Å². The van der Waals surface area contributed by atoms with Crippen LogP contribution in [0.25, 0.3) is 0 Å². The molecule has 0 saturated carbocycles. The summed E-state index contributed by atoms with van der Waals surface area (Å²) in [5.41, 5.74) is 0. The van der Waals surface area contributed by atoms with Crippen molar-refractivity contribution in [1.82, 2.24) is 15.1 Å². The number of nitrogens with one attached hydrogen (secondary N) is 2. The third-order valence-electron chi connectivity index (χ3n) is 1.65. The van der Waals surface area contributed by atoms with E-state index in [2.05, 4.69) is 24.4 Å². The number of hydrogen-bond acceptors (Lipinski definition) is 5. The predicted octanol–water partition coefficient (Wildman–Crippen LogP) is 0.507. The maximum absolute atomic E-state index is 11.6. The van der Waals surface area contributed by atoms with Crippen LogP contribution < -0.4 is 4.72 Å². The number of aromatic amines is 1. The summed E-state index contributed by atoms with van der Waals surface area (Å²) >= 11 is 0. The van der Waals surface area contributed by atoms with Gasteiger partial charge in [-0.15, -0.1) is 0 Å². The van der Waals surface area contributed by atoms with Crippen molar-refractivity contribution >= 4 is 15.8 Å². The lowest BCUT2D eigenvalue weighted by Crippen LogP contribution is -2.13. The zero-order chi connectivity index (χ0) is 10.9. The number of imidazole rings is 1. The summed E-state index contributed by atoms with van der Waals surface area (Å²) in [4.78, 5) is 6.40. The van der Waals surface area contributed by atoms with E-state index in [1.54, 1.807) is 6.92 Å². The summed E-state index contributed by atoms with van der Waals surface area (Å²) in [5, 5.41) is 3.42. The average molecular weight is 228 g/mol. The van der Waals surface area contributed by atoms with Crippen LogP contribution in [-0.4, -0.2) is 23.5 Å². The van der Waals surface area contributed by atoms with Crippen LogP contribution in [0.4, 0.5) is 5.82 Å². The topological polar surface area (TPSA) is 101 Å². The molecule has 0 radical (unpaired) electrons. The van der Waals surface area contributed by atoms with Gasteiger partial charge in [-0.1, -0.05) is 5.16 Å². The maximum Gasteiger partial charge on any atom is 0.280 e. The molecule has 0 atom stereocenters. The SMILES string of the molecule is Cc1ncc(S(=O)(=O)Nc2ccon2)[nH]1. The van der Waals surface area contributed by atoms with Gasteiger partial charge in [-0.25, -0.2) is 4.98 Å². The predicted molar refractivity (Wildman–Crippen MR) is 50.6 cm³/mol. The monoisotopic (exact) mass is 228 g/mol. The Bertz CT molecular complexity index is 543. The molecule has 2 heterocycles. The zero-order valence-corrected chi connectivity index (χ0v) is 8.58. The summed E-state index contributed by atoms with van der Waals surface area (Å²) in [6.45, 7) is 1.66. The van der Waals surface area contributed by atoms with Crippen molar-refractivity contribution in [2.24, 2.45) is 0 Å². The second-order valence-corrected chi connectivity index (χ2v) is 4.47. The first-order valence-electron chi connectivity index (χ1n) is 4.03. The summed E-state index contributed by atoms with van der Waals surface area (Å²) < 4.78 is 30.0. The molecule has 0 spiro atoms. The Hall–Kier alpha value is -1.83. The minimum absolute atomic E-state index is 0.0111. The largest absolute Gasteiger partial charge is 0.363 e. The first-order chi connectivity index (χ1) is 7.08. The number of aromatic nitrogens is 3. The zero-order valence-electron chi connectivity index (χ0n) is 7.76. The highest BCUT2D eigenvalue weighted by molar-refractivity contribution is 7.92. The van der Waals surface area contributed by atoms with Crippen molar-refractivity contribution in [3.8, 4) is 0 Å². The Morgan fingerprint density at radius 3 is 2.87 bits per heavy atom. The Kier molecular flexibility index (Phi) is 2.19. The van der Waals surface area contributed by atoms with Crippen LogP contribution >= 0.6 is 0 Å². The van der Waals surface area contributed by atoms with E-state index in [0.29, 0.717) is 5.82 Å². The smallest absolute Gasteiger partial charge is 0.280 e. The van der Waals surface area contributed by atoms with Gasteiger partial charge in [0.25, 0.3) is 10.0 Å². The second kappa shape index (κ2) is 3.39. The first kappa shape index (κ1) is 9.71. The highest BCUT2D eigenvalue weighted by atomic mass is 32.2. The fourth-order valence-corrected chi connectivity index (χ4v) is 1.96. The summed E-state index contributed by atoms with van der Waals surface area (Å²) in [6, 6.07) is 1.40. The number of hydrogen-bond donors (Lipinski definition) is 2. The number of H-pyrrole nitrogens is 1. The first-order valence-corrected chi connectivity index (χ1v) is 5.51. The molecule has 0 bridgehead atoms. The van der Waals surface area contributed by atoms with Crippen LogP contribution in [0.2, 0.25) is 0 Å². The minimum atomic E-state index is -3.65. The molecule has 80 valence electrons. The van der Waals surface area contributed by atoms with Crippen molar-refractivity contribution in [2.75, 3.05) is 4.72 Å². The molecule has 0 aliphatic rings. The van der Waals surface area contributed by atoms with Crippen molar-refractivity contribution in [3.05, 3.63) is 24.4 Å². The van der Waals surface area contributed by atoms with Gasteiger partial charge in [0.1, 0.15) is 12.1 Å². The molecular formula is C7H8N4O3S. The van der Waals surface area contributed by atoms with Crippen LogP contribution in [0.1, 0.15) is 5.82 Å². The molecule has 0 saturated heterocycles. The highest BCUT2D eigenvalue weighted by Crippen LogP contribution is 2.11. The number of sulfonamides is 1. The number of nitrogens with zero attached hydrogens (tertiary/aromatic N) is 2. The lowest BCUT2D eigenvalue weighted by molar-refractivity contribution is 0.423. The molecule has 0 aliphatic carbocycles. The van der Waals surface area contributed by atoms with Gasteiger partial charge in [0.2, 0.25) is 0 Å². The average Bonchev–Trinajstić information content (AvgIpc) is 2.75. The molecule has 0 unspecified atom stereocenters. The van der Waals surface area contributed by atoms with E-state index in [9.17, 15) is 8.42 Å². The van der Waals surface area contributed by atoms with E-state index < -0.39 is 10.0 Å². The van der Waals surface area contributed by atoms with Gasteiger partial charge >= 0.3 is 0 Å². The third kappa shape index (κ3) is 1.99. The normalized spacial score (nSPS) is 11.5.